The number of hydrogen-bond acceptors (Lipinski definition) is 5. The van der Waals surface area contributed by atoms with E-state index in [-0.39, 0.29) is 11.4 Å². The van der Waals surface area contributed by atoms with E-state index >= 15 is 4.39 Å². The molecule has 0 saturated heterocycles. The van der Waals surface area contributed by atoms with Crippen LogP contribution in [0.5, 0.6) is 17.4 Å². The number of ether oxygens (including phenoxy) is 2. The van der Waals surface area contributed by atoms with Gasteiger partial charge in [0.1, 0.15) is 31.2 Å². The van der Waals surface area contributed by atoms with Gasteiger partial charge in [-0.05, 0) is 69.5 Å². The summed E-state index contributed by atoms with van der Waals surface area (Å²) in [5, 5.41) is 12.4. The second kappa shape index (κ2) is 13.5. The van der Waals surface area contributed by atoms with E-state index in [1.165, 1.54) is 6.07 Å². The van der Waals surface area contributed by atoms with Crippen LogP contribution in [-0.4, -0.2) is 32.4 Å². The predicted octanol–water partition coefficient (Wildman–Crippen LogP) is 8.87. The molecule has 1 aromatic heterocycles. The number of fused-ring (bicyclic) bond motifs is 1. The fourth-order valence-corrected chi connectivity index (χ4v) is 11.5. The lowest BCUT2D eigenvalue weighted by Gasteiger charge is -2.38. The van der Waals surface area contributed by atoms with Gasteiger partial charge in [0.25, 0.3) is 0 Å². The molecule has 4 rings (SSSR count). The summed E-state index contributed by atoms with van der Waals surface area (Å²) in [7, 11) is 1.16. The van der Waals surface area contributed by atoms with Crippen molar-refractivity contribution in [2.45, 2.75) is 71.3 Å². The SMILES string of the molecule is COc1ccc(CN(Cc2ccc(OC)cc2)c2cc3ccc(F)c(C#C[Si](C(C)C)(C(C)C)C(C)C)c3c(O)n2)cc1. The van der Waals surface area contributed by atoms with Gasteiger partial charge in [0.15, 0.2) is 0 Å². The van der Waals surface area contributed by atoms with Gasteiger partial charge in [-0.15, -0.1) is 5.54 Å². The molecule has 43 heavy (non-hydrogen) atoms. The van der Waals surface area contributed by atoms with Gasteiger partial charge in [0, 0.05) is 13.1 Å². The van der Waals surface area contributed by atoms with Gasteiger partial charge in [0.05, 0.1) is 25.2 Å². The van der Waals surface area contributed by atoms with E-state index in [2.05, 4.69) is 62.9 Å². The zero-order chi connectivity index (χ0) is 31.3. The first-order valence-corrected chi connectivity index (χ1v) is 17.1. The molecule has 0 spiro atoms. The molecule has 0 fully saturated rings. The first-order chi connectivity index (χ1) is 20.5. The van der Waals surface area contributed by atoms with Crippen molar-refractivity contribution in [2.75, 3.05) is 19.1 Å². The quantitative estimate of drug-likeness (QED) is 0.146. The highest BCUT2D eigenvalue weighted by Gasteiger charge is 2.41. The molecule has 1 heterocycles. The molecule has 0 saturated carbocycles. The molecule has 7 heteroatoms. The van der Waals surface area contributed by atoms with Crippen LogP contribution < -0.4 is 14.4 Å². The van der Waals surface area contributed by atoms with E-state index in [0.29, 0.717) is 46.3 Å². The summed E-state index contributed by atoms with van der Waals surface area (Å²) in [6.45, 7) is 14.4. The van der Waals surface area contributed by atoms with Crippen molar-refractivity contribution in [3.63, 3.8) is 0 Å². The Hall–Kier alpha value is -4.02. The molecule has 0 aliphatic rings. The van der Waals surface area contributed by atoms with Crippen molar-refractivity contribution >= 4 is 24.7 Å². The zero-order valence-corrected chi connectivity index (χ0v) is 27.5. The van der Waals surface area contributed by atoms with Crippen LogP contribution in [0.1, 0.15) is 58.2 Å². The second-order valence-corrected chi connectivity index (χ2v) is 17.6. The number of nitrogens with zero attached hydrogens (tertiary/aromatic N) is 2. The van der Waals surface area contributed by atoms with Crippen molar-refractivity contribution in [2.24, 2.45) is 0 Å². The summed E-state index contributed by atoms with van der Waals surface area (Å²) in [6.07, 6.45) is 0. The summed E-state index contributed by atoms with van der Waals surface area (Å²) in [6, 6.07) is 20.8. The number of rotatable bonds is 10. The molecule has 5 nitrogen and oxygen atoms in total. The van der Waals surface area contributed by atoms with Crippen molar-refractivity contribution in [1.82, 2.24) is 4.98 Å². The summed E-state index contributed by atoms with van der Waals surface area (Å²) in [4.78, 5) is 6.71. The van der Waals surface area contributed by atoms with Gasteiger partial charge >= 0.3 is 0 Å². The molecule has 0 aliphatic carbocycles. The molecule has 4 aromatic rings. The minimum absolute atomic E-state index is 0.213. The van der Waals surface area contributed by atoms with Gasteiger partial charge in [-0.2, -0.15) is 4.98 Å². The van der Waals surface area contributed by atoms with E-state index in [4.69, 9.17) is 9.47 Å². The topological polar surface area (TPSA) is 54.8 Å². The van der Waals surface area contributed by atoms with Crippen LogP contribution in [0.25, 0.3) is 10.8 Å². The highest BCUT2D eigenvalue weighted by Crippen LogP contribution is 2.41. The molecule has 0 aliphatic heterocycles. The molecule has 0 atom stereocenters. The van der Waals surface area contributed by atoms with Gasteiger partial charge in [0.2, 0.25) is 5.88 Å². The Morgan fingerprint density at radius 2 is 1.28 bits per heavy atom. The third kappa shape index (κ3) is 6.81. The Labute approximate surface area is 256 Å². The Morgan fingerprint density at radius 3 is 1.72 bits per heavy atom. The third-order valence-corrected chi connectivity index (χ3v) is 14.9. The normalized spacial score (nSPS) is 11.6. The molecule has 0 bridgehead atoms. The fourth-order valence-electron chi connectivity index (χ4n) is 6.30. The smallest absolute Gasteiger partial charge is 0.222 e. The number of aromatic hydroxyl groups is 1. The number of aromatic nitrogens is 1. The van der Waals surface area contributed by atoms with Crippen molar-refractivity contribution in [1.29, 1.82) is 0 Å². The standard InChI is InChI=1S/C36H43FN2O3Si/c1-24(2)43(25(3)4,26(5)6)20-19-32-33(37)18-13-29-21-34(38-36(40)35(29)32)39(22-27-9-14-30(41-7)15-10-27)23-28-11-16-31(42-8)17-12-28/h9-18,21,24-26H,22-23H2,1-8H3,(H,38,40). The lowest BCUT2D eigenvalue weighted by Crippen LogP contribution is -2.43. The number of hydrogen-bond donors (Lipinski definition) is 1. The van der Waals surface area contributed by atoms with Crippen LogP contribution in [0.3, 0.4) is 0 Å². The summed E-state index contributed by atoms with van der Waals surface area (Å²) in [5.74, 6) is 4.70. The number of halogens is 1. The Kier molecular flexibility index (Phi) is 10.0. The maximum atomic E-state index is 15.4. The first kappa shape index (κ1) is 31.9. The van der Waals surface area contributed by atoms with Gasteiger partial charge in [-0.25, -0.2) is 4.39 Å². The first-order valence-electron chi connectivity index (χ1n) is 14.9. The minimum atomic E-state index is -2.12. The lowest BCUT2D eigenvalue weighted by molar-refractivity contribution is 0.414. The number of pyridine rings is 1. The molecular formula is C36H43FN2O3Si. The minimum Gasteiger partial charge on any atom is -0.497 e. The predicted molar refractivity (Wildman–Crippen MR) is 177 cm³/mol. The number of benzene rings is 3. The van der Waals surface area contributed by atoms with Crippen molar-refractivity contribution in [3.05, 3.63) is 89.2 Å². The van der Waals surface area contributed by atoms with E-state index in [1.807, 2.05) is 54.6 Å². The fraction of sp³-hybridized carbons (Fsp3) is 0.361. The number of methoxy groups -OCH3 is 2. The molecule has 0 amide bonds. The average molecular weight is 599 g/mol. The van der Waals surface area contributed by atoms with Crippen LogP contribution in [0.15, 0.2) is 66.7 Å². The summed E-state index contributed by atoms with van der Waals surface area (Å²) >= 11 is 0. The van der Waals surface area contributed by atoms with Crippen LogP contribution in [0.2, 0.25) is 16.6 Å². The molecule has 0 radical (unpaired) electrons. The molecular weight excluding hydrogens is 555 g/mol. The van der Waals surface area contributed by atoms with Crippen LogP contribution >= 0.6 is 0 Å². The third-order valence-electron chi connectivity index (χ3n) is 8.57. The van der Waals surface area contributed by atoms with Crippen LogP contribution in [-0.2, 0) is 13.1 Å². The van der Waals surface area contributed by atoms with Crippen molar-refractivity contribution in [3.8, 4) is 28.8 Å². The molecule has 3 aromatic carbocycles. The van der Waals surface area contributed by atoms with Crippen LogP contribution in [0.4, 0.5) is 10.2 Å². The largest absolute Gasteiger partial charge is 0.497 e. The highest BCUT2D eigenvalue weighted by atomic mass is 28.3. The second-order valence-electron chi connectivity index (χ2n) is 12.0. The van der Waals surface area contributed by atoms with Gasteiger partial charge in [-0.1, -0.05) is 77.8 Å². The van der Waals surface area contributed by atoms with Crippen LogP contribution in [0, 0.1) is 17.3 Å². The van der Waals surface area contributed by atoms with Crippen molar-refractivity contribution < 1.29 is 19.0 Å². The van der Waals surface area contributed by atoms with Gasteiger partial charge < -0.3 is 19.5 Å². The van der Waals surface area contributed by atoms with Gasteiger partial charge in [-0.3, -0.25) is 0 Å². The van der Waals surface area contributed by atoms with E-state index in [1.54, 1.807) is 20.3 Å². The molecule has 1 N–H and O–H groups in total. The van der Waals surface area contributed by atoms with E-state index < -0.39 is 13.9 Å². The Bertz CT molecular complexity index is 1540. The molecule has 226 valence electrons. The zero-order valence-electron chi connectivity index (χ0n) is 26.5. The lowest BCUT2D eigenvalue weighted by atomic mass is 10.1. The monoisotopic (exact) mass is 598 g/mol. The summed E-state index contributed by atoms with van der Waals surface area (Å²) in [5.41, 5.74) is 7.14. The average Bonchev–Trinajstić information content (AvgIpc) is 2.98. The number of anilines is 1. The van der Waals surface area contributed by atoms with E-state index in [9.17, 15) is 5.11 Å². The Morgan fingerprint density at radius 1 is 0.791 bits per heavy atom. The highest BCUT2D eigenvalue weighted by molar-refractivity contribution is 6.90. The Balaban J connectivity index is 1.82. The maximum Gasteiger partial charge on any atom is 0.222 e. The summed E-state index contributed by atoms with van der Waals surface area (Å²) < 4.78 is 26.0. The molecule has 0 unspecified atom stereocenters. The van der Waals surface area contributed by atoms with E-state index in [0.717, 1.165) is 22.6 Å². The maximum absolute atomic E-state index is 15.4.